The summed E-state index contributed by atoms with van der Waals surface area (Å²) in [5.41, 5.74) is 9.47. The molecular weight excluding hydrogens is 527 g/mol. The second-order valence-electron chi connectivity index (χ2n) is 8.86. The smallest absolute Gasteiger partial charge is 0.323 e. The SMILES string of the molecule is Cc1cccc(NC(=O)N2CCN(C(=O)Nc3ccc(Cl)c(Cl)c3)C2C(=O)NCc2cccc(CN)c2)c1. The Morgan fingerprint density at radius 1 is 0.842 bits per heavy atom. The van der Waals surface area contributed by atoms with Crippen LogP contribution in [0.1, 0.15) is 16.7 Å². The molecular formula is C27H28Cl2N6O3. The third-order valence-electron chi connectivity index (χ3n) is 6.06. The maximum atomic E-state index is 13.4. The first-order chi connectivity index (χ1) is 18.2. The van der Waals surface area contributed by atoms with Gasteiger partial charge in [-0.1, -0.05) is 59.6 Å². The number of benzene rings is 3. The molecule has 0 spiro atoms. The lowest BCUT2D eigenvalue weighted by Gasteiger charge is -2.29. The summed E-state index contributed by atoms with van der Waals surface area (Å²) in [4.78, 5) is 42.6. The van der Waals surface area contributed by atoms with Crippen molar-refractivity contribution in [1.29, 1.82) is 0 Å². The van der Waals surface area contributed by atoms with Crippen LogP contribution in [0.2, 0.25) is 10.0 Å². The van der Waals surface area contributed by atoms with E-state index in [2.05, 4.69) is 16.0 Å². The molecule has 5 amide bonds. The lowest BCUT2D eigenvalue weighted by Crippen LogP contribution is -2.55. The van der Waals surface area contributed by atoms with Crippen LogP contribution >= 0.6 is 23.2 Å². The average Bonchev–Trinajstić information content (AvgIpc) is 3.35. The Kier molecular flexibility index (Phi) is 8.73. The van der Waals surface area contributed by atoms with Crippen LogP contribution in [0.5, 0.6) is 0 Å². The number of amides is 5. The molecule has 1 heterocycles. The van der Waals surface area contributed by atoms with Crippen molar-refractivity contribution in [1.82, 2.24) is 15.1 Å². The Bertz CT molecular complexity index is 1350. The normalized spacial score (nSPS) is 14.8. The first-order valence-electron chi connectivity index (χ1n) is 12.0. The van der Waals surface area contributed by atoms with Gasteiger partial charge in [0.1, 0.15) is 0 Å². The largest absolute Gasteiger partial charge is 0.349 e. The van der Waals surface area contributed by atoms with E-state index in [1.165, 1.54) is 15.9 Å². The van der Waals surface area contributed by atoms with E-state index >= 15 is 0 Å². The van der Waals surface area contributed by atoms with Crippen molar-refractivity contribution in [3.63, 3.8) is 0 Å². The summed E-state index contributed by atoms with van der Waals surface area (Å²) in [5.74, 6) is -0.496. The number of rotatable bonds is 6. The van der Waals surface area contributed by atoms with E-state index < -0.39 is 24.1 Å². The van der Waals surface area contributed by atoms with Crippen LogP contribution < -0.4 is 21.7 Å². The highest BCUT2D eigenvalue weighted by Crippen LogP contribution is 2.26. The van der Waals surface area contributed by atoms with Gasteiger partial charge < -0.3 is 21.7 Å². The van der Waals surface area contributed by atoms with Crippen LogP contribution in [0.3, 0.4) is 0 Å². The Morgan fingerprint density at radius 3 is 2.11 bits per heavy atom. The quantitative estimate of drug-likeness (QED) is 0.350. The number of aryl methyl sites for hydroxylation is 1. The minimum absolute atomic E-state index is 0.148. The molecule has 1 aliphatic rings. The van der Waals surface area contributed by atoms with Gasteiger partial charge in [-0.3, -0.25) is 14.6 Å². The van der Waals surface area contributed by atoms with Crippen LogP contribution in [0.15, 0.2) is 66.7 Å². The minimum Gasteiger partial charge on any atom is -0.349 e. The maximum Gasteiger partial charge on any atom is 0.323 e. The van der Waals surface area contributed by atoms with Gasteiger partial charge in [-0.05, 0) is 53.9 Å². The number of anilines is 2. The van der Waals surface area contributed by atoms with Crippen molar-refractivity contribution < 1.29 is 14.4 Å². The number of nitrogens with two attached hydrogens (primary N) is 1. The summed E-state index contributed by atoms with van der Waals surface area (Å²) in [5, 5.41) is 9.04. The molecule has 38 heavy (non-hydrogen) atoms. The molecule has 1 aliphatic heterocycles. The number of carbonyl (C=O) groups is 3. The average molecular weight is 555 g/mol. The molecule has 1 unspecified atom stereocenters. The molecule has 1 saturated heterocycles. The number of urea groups is 2. The summed E-state index contributed by atoms with van der Waals surface area (Å²) in [6, 6.07) is 18.5. The van der Waals surface area contributed by atoms with Gasteiger partial charge in [0.25, 0.3) is 5.91 Å². The highest BCUT2D eigenvalue weighted by molar-refractivity contribution is 6.42. The third kappa shape index (κ3) is 6.55. The van der Waals surface area contributed by atoms with Crippen molar-refractivity contribution in [2.45, 2.75) is 26.2 Å². The summed E-state index contributed by atoms with van der Waals surface area (Å²) >= 11 is 12.1. The number of carbonyl (C=O) groups excluding carboxylic acids is 3. The predicted octanol–water partition coefficient (Wildman–Crippen LogP) is 4.78. The van der Waals surface area contributed by atoms with Gasteiger partial charge in [0.05, 0.1) is 10.0 Å². The summed E-state index contributed by atoms with van der Waals surface area (Å²) < 4.78 is 0. The maximum absolute atomic E-state index is 13.4. The monoisotopic (exact) mass is 554 g/mol. The van der Waals surface area contributed by atoms with E-state index in [1.807, 2.05) is 49.4 Å². The van der Waals surface area contributed by atoms with E-state index in [9.17, 15) is 14.4 Å². The van der Waals surface area contributed by atoms with Crippen LogP contribution in [-0.4, -0.2) is 47.0 Å². The molecule has 5 N–H and O–H groups in total. The molecule has 3 aromatic rings. The fourth-order valence-electron chi connectivity index (χ4n) is 4.17. The number of halogens is 2. The molecule has 0 aromatic heterocycles. The summed E-state index contributed by atoms with van der Waals surface area (Å²) in [6.07, 6.45) is -1.18. The van der Waals surface area contributed by atoms with Crippen molar-refractivity contribution in [3.8, 4) is 0 Å². The van der Waals surface area contributed by atoms with Crippen LogP contribution in [0, 0.1) is 6.92 Å². The first-order valence-corrected chi connectivity index (χ1v) is 12.7. The topological polar surface area (TPSA) is 120 Å². The lowest BCUT2D eigenvalue weighted by molar-refractivity contribution is -0.127. The van der Waals surface area contributed by atoms with Gasteiger partial charge >= 0.3 is 12.1 Å². The molecule has 9 nitrogen and oxygen atoms in total. The van der Waals surface area contributed by atoms with Crippen molar-refractivity contribution in [2.75, 3.05) is 23.7 Å². The third-order valence-corrected chi connectivity index (χ3v) is 6.80. The fraction of sp³-hybridized carbons (Fsp3) is 0.222. The zero-order chi connectivity index (χ0) is 27.2. The van der Waals surface area contributed by atoms with Crippen LogP contribution in [0.25, 0.3) is 0 Å². The van der Waals surface area contributed by atoms with Crippen molar-refractivity contribution >= 4 is 52.5 Å². The molecule has 0 radical (unpaired) electrons. The Hall–Kier alpha value is -3.79. The molecule has 3 aromatic carbocycles. The Labute approximate surface area is 230 Å². The molecule has 1 atom stereocenters. The predicted molar refractivity (Wildman–Crippen MR) is 149 cm³/mol. The number of hydrogen-bond acceptors (Lipinski definition) is 4. The van der Waals surface area contributed by atoms with E-state index in [0.29, 0.717) is 22.9 Å². The number of nitrogens with zero attached hydrogens (tertiary/aromatic N) is 2. The number of nitrogens with one attached hydrogen (secondary N) is 3. The highest BCUT2D eigenvalue weighted by atomic mass is 35.5. The van der Waals surface area contributed by atoms with Gasteiger partial charge in [0.15, 0.2) is 6.17 Å². The van der Waals surface area contributed by atoms with Gasteiger partial charge in [-0.25, -0.2) is 9.59 Å². The first kappa shape index (κ1) is 27.3. The number of hydrogen-bond donors (Lipinski definition) is 4. The van der Waals surface area contributed by atoms with E-state index in [1.54, 1.807) is 18.2 Å². The van der Waals surface area contributed by atoms with Crippen molar-refractivity contribution in [3.05, 3.63) is 93.5 Å². The van der Waals surface area contributed by atoms with E-state index in [4.69, 9.17) is 28.9 Å². The molecule has 0 saturated carbocycles. The molecule has 0 bridgehead atoms. The zero-order valence-corrected chi connectivity index (χ0v) is 22.2. The second kappa shape index (κ2) is 12.2. The van der Waals surface area contributed by atoms with E-state index in [-0.39, 0.29) is 24.7 Å². The molecule has 198 valence electrons. The van der Waals surface area contributed by atoms with Gasteiger partial charge in [-0.2, -0.15) is 0 Å². The molecule has 11 heteroatoms. The lowest BCUT2D eigenvalue weighted by atomic mass is 10.1. The summed E-state index contributed by atoms with van der Waals surface area (Å²) in [7, 11) is 0. The molecule has 0 aliphatic carbocycles. The van der Waals surface area contributed by atoms with Gasteiger partial charge in [-0.15, -0.1) is 0 Å². The summed E-state index contributed by atoms with van der Waals surface area (Å²) in [6.45, 7) is 2.80. The standard InChI is InChI=1S/C27H28Cl2N6O3/c1-17-4-2-7-20(12-17)32-26(37)34-10-11-35(27(38)33-21-8-9-22(28)23(29)14-21)25(34)24(36)31-16-19-6-3-5-18(13-19)15-30/h2-9,12-14,25H,10-11,15-16,30H2,1H3,(H,31,36)(H,32,37)(H,33,38). The van der Waals surface area contributed by atoms with Gasteiger partial charge in [0.2, 0.25) is 0 Å². The van der Waals surface area contributed by atoms with Crippen molar-refractivity contribution in [2.24, 2.45) is 5.73 Å². The molecule has 4 rings (SSSR count). The Balaban J connectivity index is 1.54. The highest BCUT2D eigenvalue weighted by Gasteiger charge is 2.43. The zero-order valence-electron chi connectivity index (χ0n) is 20.7. The Morgan fingerprint density at radius 2 is 1.47 bits per heavy atom. The van der Waals surface area contributed by atoms with E-state index in [0.717, 1.165) is 16.7 Å². The second-order valence-corrected chi connectivity index (χ2v) is 9.68. The molecule has 1 fully saturated rings. The van der Waals surface area contributed by atoms with Crippen LogP contribution in [0.4, 0.5) is 21.0 Å². The fourth-order valence-corrected chi connectivity index (χ4v) is 4.47. The van der Waals surface area contributed by atoms with Crippen LogP contribution in [-0.2, 0) is 17.9 Å². The van der Waals surface area contributed by atoms with Gasteiger partial charge in [0, 0.05) is 37.6 Å². The minimum atomic E-state index is -1.18.